The summed E-state index contributed by atoms with van der Waals surface area (Å²) in [4.78, 5) is 5.33. The standard InChI is InChI=1S/C29H45NS/c1-4-6-8-10-12-14-24-30(25-15-13-11-9-7-5-2)28-20-17-27(18-21-28)19-23-29-22-16-26(3)31-29/h16-23H,4-15,24-25H2,1-3H3/b23-19+. The minimum atomic E-state index is 1.20. The molecule has 0 aliphatic rings. The van der Waals surface area contributed by atoms with Crippen LogP contribution in [0.1, 0.15) is 106 Å². The fourth-order valence-corrected chi connectivity index (χ4v) is 4.83. The Morgan fingerprint density at radius 2 is 1.19 bits per heavy atom. The second-order valence-electron chi connectivity index (χ2n) is 8.90. The molecule has 0 N–H and O–H groups in total. The lowest BCUT2D eigenvalue weighted by Gasteiger charge is -2.25. The molecule has 0 unspecified atom stereocenters. The van der Waals surface area contributed by atoms with E-state index in [1.165, 1.54) is 111 Å². The van der Waals surface area contributed by atoms with Gasteiger partial charge in [-0.1, -0.05) is 96.3 Å². The van der Waals surface area contributed by atoms with Crippen molar-refractivity contribution in [2.45, 2.75) is 97.8 Å². The maximum Gasteiger partial charge on any atom is 0.0366 e. The molecule has 2 heteroatoms. The molecule has 0 fully saturated rings. The summed E-state index contributed by atoms with van der Waals surface area (Å²) in [5.74, 6) is 0. The predicted molar refractivity (Wildman–Crippen MR) is 143 cm³/mol. The van der Waals surface area contributed by atoms with Crippen molar-refractivity contribution in [2.75, 3.05) is 18.0 Å². The highest BCUT2D eigenvalue weighted by molar-refractivity contribution is 7.12. The number of benzene rings is 1. The highest BCUT2D eigenvalue weighted by Crippen LogP contribution is 2.21. The van der Waals surface area contributed by atoms with Gasteiger partial charge in [0.15, 0.2) is 0 Å². The second kappa shape index (κ2) is 16.1. The number of rotatable bonds is 17. The average Bonchev–Trinajstić information content (AvgIpc) is 3.21. The van der Waals surface area contributed by atoms with Gasteiger partial charge in [0.25, 0.3) is 0 Å². The fourth-order valence-electron chi connectivity index (χ4n) is 4.05. The summed E-state index contributed by atoms with van der Waals surface area (Å²) in [6.45, 7) is 9.15. The van der Waals surface area contributed by atoms with Crippen LogP contribution in [0, 0.1) is 6.92 Å². The van der Waals surface area contributed by atoms with E-state index in [2.05, 4.69) is 74.2 Å². The summed E-state index contributed by atoms with van der Waals surface area (Å²) in [5.41, 5.74) is 2.68. The van der Waals surface area contributed by atoms with Crippen LogP contribution < -0.4 is 4.90 Å². The highest BCUT2D eigenvalue weighted by atomic mass is 32.1. The molecule has 0 saturated heterocycles. The molecule has 0 aliphatic carbocycles. The zero-order valence-corrected chi connectivity index (χ0v) is 21.2. The van der Waals surface area contributed by atoms with Gasteiger partial charge >= 0.3 is 0 Å². The second-order valence-corrected chi connectivity index (χ2v) is 10.2. The third kappa shape index (κ3) is 11.1. The van der Waals surface area contributed by atoms with Crippen LogP contribution in [0.25, 0.3) is 12.2 Å². The minimum absolute atomic E-state index is 1.20. The molecule has 0 bridgehead atoms. The molecule has 0 saturated carbocycles. The van der Waals surface area contributed by atoms with E-state index in [1.807, 2.05) is 11.3 Å². The van der Waals surface area contributed by atoms with Gasteiger partial charge in [0.05, 0.1) is 0 Å². The van der Waals surface area contributed by atoms with Gasteiger partial charge in [-0.3, -0.25) is 0 Å². The third-order valence-corrected chi connectivity index (χ3v) is 6.99. The molecule has 2 rings (SSSR count). The first kappa shape index (κ1) is 25.7. The maximum atomic E-state index is 2.63. The van der Waals surface area contributed by atoms with Gasteiger partial charge in [0.2, 0.25) is 0 Å². The van der Waals surface area contributed by atoms with E-state index in [4.69, 9.17) is 0 Å². The van der Waals surface area contributed by atoms with Crippen LogP contribution in [-0.2, 0) is 0 Å². The predicted octanol–water partition coefficient (Wildman–Crippen LogP) is 9.75. The van der Waals surface area contributed by atoms with Crippen molar-refractivity contribution in [1.29, 1.82) is 0 Å². The molecule has 0 atom stereocenters. The van der Waals surface area contributed by atoms with E-state index < -0.39 is 0 Å². The quantitative estimate of drug-likeness (QED) is 0.222. The Hall–Kier alpha value is -1.54. The summed E-state index contributed by atoms with van der Waals surface area (Å²) in [7, 11) is 0. The normalized spacial score (nSPS) is 11.5. The number of anilines is 1. The summed E-state index contributed by atoms with van der Waals surface area (Å²) in [6.07, 6.45) is 20.9. The summed E-state index contributed by atoms with van der Waals surface area (Å²) in [5, 5.41) is 0. The smallest absolute Gasteiger partial charge is 0.0366 e. The van der Waals surface area contributed by atoms with E-state index in [-0.39, 0.29) is 0 Å². The van der Waals surface area contributed by atoms with Crippen molar-refractivity contribution in [3.63, 3.8) is 0 Å². The molecule has 31 heavy (non-hydrogen) atoms. The van der Waals surface area contributed by atoms with E-state index in [9.17, 15) is 0 Å². The molecule has 172 valence electrons. The van der Waals surface area contributed by atoms with E-state index in [0.717, 1.165) is 0 Å². The van der Waals surface area contributed by atoms with Crippen LogP contribution >= 0.6 is 11.3 Å². The Balaban J connectivity index is 1.87. The van der Waals surface area contributed by atoms with Crippen molar-refractivity contribution >= 4 is 29.2 Å². The van der Waals surface area contributed by atoms with Crippen LogP contribution in [0.2, 0.25) is 0 Å². The molecule has 0 aliphatic heterocycles. The lowest BCUT2D eigenvalue weighted by Crippen LogP contribution is -2.25. The zero-order chi connectivity index (χ0) is 22.2. The van der Waals surface area contributed by atoms with Crippen molar-refractivity contribution < 1.29 is 0 Å². The number of nitrogens with zero attached hydrogens (tertiary/aromatic N) is 1. The van der Waals surface area contributed by atoms with Crippen LogP contribution in [0.15, 0.2) is 36.4 Å². The molecule has 2 aromatic rings. The Labute approximate surface area is 196 Å². The molecule has 1 heterocycles. The molecule has 1 aromatic carbocycles. The van der Waals surface area contributed by atoms with Crippen molar-refractivity contribution in [3.8, 4) is 0 Å². The first-order valence-electron chi connectivity index (χ1n) is 12.8. The highest BCUT2D eigenvalue weighted by Gasteiger charge is 2.06. The van der Waals surface area contributed by atoms with Gasteiger partial charge in [0, 0.05) is 28.5 Å². The average molecular weight is 440 g/mol. The van der Waals surface area contributed by atoms with Crippen molar-refractivity contribution in [2.24, 2.45) is 0 Å². The first-order chi connectivity index (χ1) is 15.2. The lowest BCUT2D eigenvalue weighted by molar-refractivity contribution is 0.575. The molecular weight excluding hydrogens is 394 g/mol. The summed E-state index contributed by atoms with van der Waals surface area (Å²) >= 11 is 1.85. The Bertz CT molecular complexity index is 697. The zero-order valence-electron chi connectivity index (χ0n) is 20.4. The monoisotopic (exact) mass is 439 g/mol. The maximum absolute atomic E-state index is 2.63. The molecular formula is C29H45NS. The number of thiophene rings is 1. The van der Waals surface area contributed by atoms with Crippen LogP contribution in [0.4, 0.5) is 5.69 Å². The Kier molecular flexibility index (Phi) is 13.4. The first-order valence-corrected chi connectivity index (χ1v) is 13.6. The van der Waals surface area contributed by atoms with Crippen molar-refractivity contribution in [3.05, 3.63) is 51.7 Å². The Morgan fingerprint density at radius 3 is 1.71 bits per heavy atom. The third-order valence-electron chi connectivity index (χ3n) is 6.02. The van der Waals surface area contributed by atoms with E-state index >= 15 is 0 Å². The topological polar surface area (TPSA) is 3.24 Å². The molecule has 1 nitrogen and oxygen atoms in total. The summed E-state index contributed by atoms with van der Waals surface area (Å²) < 4.78 is 0. The van der Waals surface area contributed by atoms with Gasteiger partial charge < -0.3 is 4.90 Å². The largest absolute Gasteiger partial charge is 0.372 e. The van der Waals surface area contributed by atoms with E-state index in [0.29, 0.717) is 0 Å². The van der Waals surface area contributed by atoms with E-state index in [1.54, 1.807) is 0 Å². The van der Waals surface area contributed by atoms with Gasteiger partial charge in [-0.15, -0.1) is 11.3 Å². The minimum Gasteiger partial charge on any atom is -0.372 e. The molecule has 0 spiro atoms. The number of unbranched alkanes of at least 4 members (excludes halogenated alkanes) is 10. The van der Waals surface area contributed by atoms with Gasteiger partial charge in [0.1, 0.15) is 0 Å². The van der Waals surface area contributed by atoms with Crippen molar-refractivity contribution in [1.82, 2.24) is 0 Å². The van der Waals surface area contributed by atoms with Gasteiger partial charge in [-0.25, -0.2) is 0 Å². The van der Waals surface area contributed by atoms with Gasteiger partial charge in [-0.05, 0) is 55.7 Å². The molecule has 0 radical (unpaired) electrons. The van der Waals surface area contributed by atoms with Gasteiger partial charge in [-0.2, -0.15) is 0 Å². The Morgan fingerprint density at radius 1 is 0.645 bits per heavy atom. The van der Waals surface area contributed by atoms with Crippen LogP contribution in [0.5, 0.6) is 0 Å². The number of hydrogen-bond donors (Lipinski definition) is 0. The fraction of sp³-hybridized carbons (Fsp3) is 0.586. The molecule has 0 amide bonds. The molecule has 1 aromatic heterocycles. The SMILES string of the molecule is CCCCCCCCN(CCCCCCCC)c1ccc(/C=C/c2ccc(C)s2)cc1. The van der Waals surface area contributed by atoms with Crippen LogP contribution in [-0.4, -0.2) is 13.1 Å². The van der Waals surface area contributed by atoms with Crippen LogP contribution in [0.3, 0.4) is 0 Å². The lowest BCUT2D eigenvalue weighted by atomic mass is 10.1. The number of hydrogen-bond acceptors (Lipinski definition) is 2. The number of aryl methyl sites for hydroxylation is 1. The summed E-state index contributed by atoms with van der Waals surface area (Å²) in [6, 6.07) is 13.6.